The van der Waals surface area contributed by atoms with Crippen LogP contribution in [0.2, 0.25) is 0 Å². The van der Waals surface area contributed by atoms with Crippen molar-refractivity contribution in [1.82, 2.24) is 19.7 Å². The molecule has 0 saturated heterocycles. The van der Waals surface area contributed by atoms with Crippen molar-refractivity contribution in [2.24, 2.45) is 0 Å². The Kier molecular flexibility index (Phi) is 2.94. The molecule has 1 N–H and O–H groups in total. The summed E-state index contributed by atoms with van der Waals surface area (Å²) in [6, 6.07) is 6.08. The molecule has 6 heteroatoms. The second kappa shape index (κ2) is 4.82. The highest BCUT2D eigenvalue weighted by atomic mass is 16.5. The van der Waals surface area contributed by atoms with Gasteiger partial charge in [-0.05, 0) is 29.7 Å². The summed E-state index contributed by atoms with van der Waals surface area (Å²) in [4.78, 5) is 2.31. The summed E-state index contributed by atoms with van der Waals surface area (Å²) < 4.78 is 7.34. The fraction of sp³-hybridized carbons (Fsp3) is 0.467. The molecule has 110 valence electrons. The average molecular weight is 286 g/mol. The molecule has 0 saturated carbocycles. The second-order valence-corrected chi connectivity index (χ2v) is 5.69. The smallest absolute Gasteiger partial charge is 0.147 e. The van der Waals surface area contributed by atoms with Gasteiger partial charge >= 0.3 is 0 Å². The molecule has 6 nitrogen and oxygen atoms in total. The Labute approximate surface area is 123 Å². The molecule has 0 spiro atoms. The Morgan fingerprint density at radius 2 is 2.24 bits per heavy atom. The predicted molar refractivity (Wildman–Crippen MR) is 75.9 cm³/mol. The van der Waals surface area contributed by atoms with Gasteiger partial charge in [0.25, 0.3) is 0 Å². The summed E-state index contributed by atoms with van der Waals surface area (Å²) in [6.45, 7) is 2.54. The van der Waals surface area contributed by atoms with Crippen LogP contribution in [-0.4, -0.2) is 44.5 Å². The molecule has 21 heavy (non-hydrogen) atoms. The molecule has 0 bridgehead atoms. The van der Waals surface area contributed by atoms with Crippen molar-refractivity contribution in [3.05, 3.63) is 41.5 Å². The molecule has 2 aromatic rings. The third-order valence-corrected chi connectivity index (χ3v) is 4.60. The van der Waals surface area contributed by atoms with Gasteiger partial charge in [-0.2, -0.15) is 0 Å². The Bertz CT molecular complexity index is 669. The zero-order valence-corrected chi connectivity index (χ0v) is 11.9. The lowest BCUT2D eigenvalue weighted by Gasteiger charge is -2.33. The Morgan fingerprint density at radius 3 is 3.10 bits per heavy atom. The summed E-state index contributed by atoms with van der Waals surface area (Å²) in [7, 11) is 1.65. The van der Waals surface area contributed by atoms with Crippen LogP contribution in [0, 0.1) is 0 Å². The topological polar surface area (TPSA) is 63.4 Å². The number of aliphatic hydroxyl groups excluding tert-OH is 1. The fourth-order valence-corrected chi connectivity index (χ4v) is 3.40. The van der Waals surface area contributed by atoms with E-state index in [2.05, 4.69) is 25.7 Å². The van der Waals surface area contributed by atoms with E-state index in [4.69, 9.17) is 4.74 Å². The van der Waals surface area contributed by atoms with Crippen molar-refractivity contribution >= 4 is 0 Å². The van der Waals surface area contributed by atoms with Crippen LogP contribution in [0.3, 0.4) is 0 Å². The molecule has 2 heterocycles. The molecule has 1 aromatic heterocycles. The van der Waals surface area contributed by atoms with Crippen molar-refractivity contribution < 1.29 is 9.84 Å². The van der Waals surface area contributed by atoms with Crippen LogP contribution in [0.25, 0.3) is 0 Å². The van der Waals surface area contributed by atoms with E-state index in [1.807, 2.05) is 12.1 Å². The number of aromatic nitrogens is 3. The Balaban J connectivity index is 1.58. The van der Waals surface area contributed by atoms with E-state index in [9.17, 15) is 5.11 Å². The minimum absolute atomic E-state index is 0.109. The van der Waals surface area contributed by atoms with Gasteiger partial charge in [0.1, 0.15) is 17.9 Å². The quantitative estimate of drug-likeness (QED) is 0.883. The van der Waals surface area contributed by atoms with E-state index in [-0.39, 0.29) is 6.04 Å². The number of hydrogen-bond acceptors (Lipinski definition) is 5. The molecule has 2 unspecified atom stereocenters. The molecule has 4 rings (SSSR count). The van der Waals surface area contributed by atoms with Crippen LogP contribution >= 0.6 is 0 Å². The predicted octanol–water partition coefficient (Wildman–Crippen LogP) is 0.761. The molecule has 2 aliphatic rings. The van der Waals surface area contributed by atoms with Crippen molar-refractivity contribution in [2.45, 2.75) is 31.7 Å². The van der Waals surface area contributed by atoms with Gasteiger partial charge in [0.15, 0.2) is 0 Å². The van der Waals surface area contributed by atoms with Crippen LogP contribution in [0.1, 0.15) is 23.1 Å². The number of methoxy groups -OCH3 is 1. The number of nitrogens with zero attached hydrogens (tertiary/aromatic N) is 4. The maximum atomic E-state index is 10.7. The lowest BCUT2D eigenvalue weighted by Crippen LogP contribution is -2.43. The molecule has 0 fully saturated rings. The van der Waals surface area contributed by atoms with Crippen LogP contribution in [0.15, 0.2) is 24.5 Å². The van der Waals surface area contributed by atoms with E-state index in [1.165, 1.54) is 5.56 Å². The van der Waals surface area contributed by atoms with E-state index in [1.54, 1.807) is 13.4 Å². The lowest BCUT2D eigenvalue weighted by molar-refractivity contribution is 0.0436. The molecule has 0 radical (unpaired) electrons. The van der Waals surface area contributed by atoms with Gasteiger partial charge in [0.2, 0.25) is 0 Å². The molecule has 1 aliphatic carbocycles. The summed E-state index contributed by atoms with van der Waals surface area (Å²) in [6.07, 6.45) is 2.18. The third-order valence-electron chi connectivity index (χ3n) is 4.60. The number of rotatable bonds is 2. The first kappa shape index (κ1) is 12.8. The zero-order chi connectivity index (χ0) is 14.4. The fourth-order valence-electron chi connectivity index (χ4n) is 3.40. The van der Waals surface area contributed by atoms with Gasteiger partial charge in [0, 0.05) is 19.1 Å². The van der Waals surface area contributed by atoms with Gasteiger partial charge < -0.3 is 14.4 Å². The van der Waals surface area contributed by atoms with E-state index < -0.39 is 6.10 Å². The van der Waals surface area contributed by atoms with E-state index in [0.29, 0.717) is 0 Å². The summed E-state index contributed by atoms with van der Waals surface area (Å²) in [5.74, 6) is 1.77. The summed E-state index contributed by atoms with van der Waals surface area (Å²) >= 11 is 0. The largest absolute Gasteiger partial charge is 0.497 e. The highest BCUT2D eigenvalue weighted by Gasteiger charge is 2.37. The van der Waals surface area contributed by atoms with E-state index in [0.717, 1.165) is 43.2 Å². The maximum absolute atomic E-state index is 10.7. The monoisotopic (exact) mass is 286 g/mol. The maximum Gasteiger partial charge on any atom is 0.147 e. The number of ether oxygens (including phenoxy) is 1. The standard InChI is InChI=1S/C15H18N4O2/c1-21-11-3-2-10-6-13(15(20)12(10)7-11)18-4-5-19-9-16-17-14(19)8-18/h2-3,7,9,13,15,20H,4-6,8H2,1H3. The highest BCUT2D eigenvalue weighted by molar-refractivity contribution is 5.41. The van der Waals surface area contributed by atoms with Gasteiger partial charge in [-0.3, -0.25) is 4.90 Å². The highest BCUT2D eigenvalue weighted by Crippen LogP contribution is 2.37. The van der Waals surface area contributed by atoms with Crippen LogP contribution in [-0.2, 0) is 19.5 Å². The van der Waals surface area contributed by atoms with Crippen molar-refractivity contribution in [3.63, 3.8) is 0 Å². The van der Waals surface area contributed by atoms with Gasteiger partial charge in [-0.1, -0.05) is 6.07 Å². The van der Waals surface area contributed by atoms with Crippen molar-refractivity contribution in [1.29, 1.82) is 0 Å². The zero-order valence-electron chi connectivity index (χ0n) is 11.9. The summed E-state index contributed by atoms with van der Waals surface area (Å²) in [5, 5.41) is 18.8. The van der Waals surface area contributed by atoms with Crippen molar-refractivity contribution in [2.75, 3.05) is 13.7 Å². The molecular weight excluding hydrogens is 268 g/mol. The van der Waals surface area contributed by atoms with Crippen LogP contribution in [0.4, 0.5) is 0 Å². The summed E-state index contributed by atoms with van der Waals surface area (Å²) in [5.41, 5.74) is 2.20. The van der Waals surface area contributed by atoms with Gasteiger partial charge in [-0.15, -0.1) is 10.2 Å². The van der Waals surface area contributed by atoms with Crippen molar-refractivity contribution in [3.8, 4) is 5.75 Å². The van der Waals surface area contributed by atoms with Gasteiger partial charge in [0.05, 0.1) is 19.8 Å². The number of fused-ring (bicyclic) bond motifs is 2. The number of hydrogen-bond donors (Lipinski definition) is 1. The minimum Gasteiger partial charge on any atom is -0.497 e. The number of benzene rings is 1. The minimum atomic E-state index is -0.468. The SMILES string of the molecule is COc1ccc2c(c1)C(O)C(N1CCn3cnnc3C1)C2. The molecule has 1 aromatic carbocycles. The normalized spacial score (nSPS) is 24.7. The van der Waals surface area contributed by atoms with E-state index >= 15 is 0 Å². The average Bonchev–Trinajstić information content (AvgIpc) is 3.11. The molecule has 1 aliphatic heterocycles. The second-order valence-electron chi connectivity index (χ2n) is 5.69. The molecular formula is C15H18N4O2. The van der Waals surface area contributed by atoms with Gasteiger partial charge in [-0.25, -0.2) is 0 Å². The first-order valence-corrected chi connectivity index (χ1v) is 7.22. The lowest BCUT2D eigenvalue weighted by atomic mass is 10.1. The first-order valence-electron chi connectivity index (χ1n) is 7.22. The Morgan fingerprint density at radius 1 is 1.33 bits per heavy atom. The first-order chi connectivity index (χ1) is 10.3. The third kappa shape index (κ3) is 2.02. The number of aliphatic hydroxyl groups is 1. The van der Waals surface area contributed by atoms with Crippen LogP contribution < -0.4 is 4.74 Å². The molecule has 2 atom stereocenters. The molecule has 0 amide bonds. The van der Waals surface area contributed by atoms with Crippen LogP contribution in [0.5, 0.6) is 5.75 Å². The Hall–Kier alpha value is -1.92.